The first kappa shape index (κ1) is 17.9. The lowest BCUT2D eigenvalue weighted by molar-refractivity contribution is -0.153. The van der Waals surface area contributed by atoms with Crippen molar-refractivity contribution in [1.29, 1.82) is 0 Å². The number of hydrogen-bond acceptors (Lipinski definition) is 3. The summed E-state index contributed by atoms with van der Waals surface area (Å²) in [6, 6.07) is 4.18. The molecule has 25 heavy (non-hydrogen) atoms. The maximum Gasteiger partial charge on any atom is 0.245 e. The van der Waals surface area contributed by atoms with Gasteiger partial charge in [-0.05, 0) is 25.3 Å². The standard InChI is InChI=1S/C19H26FN3O2/c1-12(2)8-16-19(25)23-7-6-22(11-17(23)18(24)21-16)10-14-9-13(3)4-5-15(14)20/h4-5,9,12,16-17H,6-8,10-11H2,1-3H3,(H,21,24)/t16-,17+/m0/s1. The van der Waals surface area contributed by atoms with Gasteiger partial charge in [0.2, 0.25) is 11.8 Å². The molecule has 2 amide bonds. The Hall–Kier alpha value is -1.95. The molecule has 1 N–H and O–H groups in total. The van der Waals surface area contributed by atoms with Crippen molar-refractivity contribution >= 4 is 11.8 Å². The second-order valence-corrected chi connectivity index (χ2v) is 7.57. The Morgan fingerprint density at radius 1 is 1.28 bits per heavy atom. The van der Waals surface area contributed by atoms with Gasteiger partial charge in [0.25, 0.3) is 0 Å². The molecule has 0 bridgehead atoms. The van der Waals surface area contributed by atoms with Crippen LogP contribution in [0.3, 0.4) is 0 Å². The van der Waals surface area contributed by atoms with Crippen molar-refractivity contribution in [1.82, 2.24) is 15.1 Å². The molecule has 0 radical (unpaired) electrons. The number of carbonyl (C=O) groups is 2. The minimum Gasteiger partial charge on any atom is -0.342 e. The highest BCUT2D eigenvalue weighted by Crippen LogP contribution is 2.21. The molecule has 2 aliphatic rings. The Morgan fingerprint density at radius 3 is 2.76 bits per heavy atom. The summed E-state index contributed by atoms with van der Waals surface area (Å²) in [5.74, 6) is 0.0323. The smallest absolute Gasteiger partial charge is 0.245 e. The molecule has 0 saturated carbocycles. The third kappa shape index (κ3) is 3.84. The van der Waals surface area contributed by atoms with E-state index in [1.54, 1.807) is 11.0 Å². The van der Waals surface area contributed by atoms with E-state index >= 15 is 0 Å². The van der Waals surface area contributed by atoms with Gasteiger partial charge in [0.15, 0.2) is 0 Å². The van der Waals surface area contributed by atoms with Crippen molar-refractivity contribution in [2.24, 2.45) is 5.92 Å². The molecule has 2 heterocycles. The van der Waals surface area contributed by atoms with Gasteiger partial charge in [-0.1, -0.05) is 31.5 Å². The van der Waals surface area contributed by atoms with E-state index in [-0.39, 0.29) is 17.6 Å². The van der Waals surface area contributed by atoms with Crippen molar-refractivity contribution in [3.63, 3.8) is 0 Å². The summed E-state index contributed by atoms with van der Waals surface area (Å²) in [5, 5.41) is 2.87. The molecular formula is C19H26FN3O2. The number of amides is 2. The molecule has 2 fully saturated rings. The zero-order chi connectivity index (χ0) is 18.1. The average Bonchev–Trinajstić information content (AvgIpc) is 2.55. The highest BCUT2D eigenvalue weighted by molar-refractivity contribution is 5.97. The van der Waals surface area contributed by atoms with Crippen LogP contribution in [0.5, 0.6) is 0 Å². The van der Waals surface area contributed by atoms with Crippen LogP contribution >= 0.6 is 0 Å². The van der Waals surface area contributed by atoms with Crippen LogP contribution in [-0.2, 0) is 16.1 Å². The largest absolute Gasteiger partial charge is 0.342 e. The monoisotopic (exact) mass is 347 g/mol. The number of nitrogens with one attached hydrogen (secondary N) is 1. The first-order valence-corrected chi connectivity index (χ1v) is 8.93. The van der Waals surface area contributed by atoms with Crippen LogP contribution < -0.4 is 5.32 Å². The molecule has 136 valence electrons. The topological polar surface area (TPSA) is 52.6 Å². The molecule has 3 rings (SSSR count). The maximum atomic E-state index is 14.0. The van der Waals surface area contributed by atoms with Gasteiger partial charge in [-0.15, -0.1) is 0 Å². The summed E-state index contributed by atoms with van der Waals surface area (Å²) in [6.07, 6.45) is 0.659. The number of rotatable bonds is 4. The molecule has 2 atom stereocenters. The number of fused-ring (bicyclic) bond motifs is 1. The highest BCUT2D eigenvalue weighted by Gasteiger charge is 2.43. The summed E-state index contributed by atoms with van der Waals surface area (Å²) < 4.78 is 14.0. The first-order valence-electron chi connectivity index (χ1n) is 8.93. The highest BCUT2D eigenvalue weighted by atomic mass is 19.1. The number of halogens is 1. The minimum atomic E-state index is -0.475. The molecule has 1 aromatic rings. The molecule has 2 saturated heterocycles. The zero-order valence-electron chi connectivity index (χ0n) is 15.1. The number of aryl methyl sites for hydroxylation is 1. The van der Waals surface area contributed by atoms with E-state index in [4.69, 9.17) is 0 Å². The zero-order valence-corrected chi connectivity index (χ0v) is 15.1. The van der Waals surface area contributed by atoms with Gasteiger partial charge < -0.3 is 10.2 Å². The Labute approximate surface area is 148 Å². The summed E-state index contributed by atoms with van der Waals surface area (Å²) in [5.41, 5.74) is 1.64. The van der Waals surface area contributed by atoms with Crippen LogP contribution in [0.25, 0.3) is 0 Å². The molecule has 0 aromatic heterocycles. The van der Waals surface area contributed by atoms with Crippen molar-refractivity contribution in [2.45, 2.75) is 45.8 Å². The first-order chi connectivity index (χ1) is 11.8. The molecule has 0 spiro atoms. The van der Waals surface area contributed by atoms with Crippen LogP contribution in [0, 0.1) is 18.7 Å². The fraction of sp³-hybridized carbons (Fsp3) is 0.579. The fourth-order valence-electron chi connectivity index (χ4n) is 3.70. The fourth-order valence-corrected chi connectivity index (χ4v) is 3.70. The summed E-state index contributed by atoms with van der Waals surface area (Å²) >= 11 is 0. The summed E-state index contributed by atoms with van der Waals surface area (Å²) in [6.45, 7) is 8.08. The van der Waals surface area contributed by atoms with Gasteiger partial charge in [-0.25, -0.2) is 4.39 Å². The van der Waals surface area contributed by atoms with E-state index in [9.17, 15) is 14.0 Å². The van der Waals surface area contributed by atoms with Crippen LogP contribution in [-0.4, -0.2) is 53.3 Å². The van der Waals surface area contributed by atoms with Gasteiger partial charge in [0.05, 0.1) is 0 Å². The van der Waals surface area contributed by atoms with E-state index in [2.05, 4.69) is 10.2 Å². The lowest BCUT2D eigenvalue weighted by atomic mass is 9.97. The molecule has 2 aliphatic heterocycles. The van der Waals surface area contributed by atoms with Gasteiger partial charge in [-0.3, -0.25) is 14.5 Å². The molecule has 5 nitrogen and oxygen atoms in total. The molecule has 0 aliphatic carbocycles. The van der Waals surface area contributed by atoms with Gasteiger partial charge in [-0.2, -0.15) is 0 Å². The van der Waals surface area contributed by atoms with Gasteiger partial charge in [0.1, 0.15) is 17.9 Å². The van der Waals surface area contributed by atoms with Crippen molar-refractivity contribution < 1.29 is 14.0 Å². The Morgan fingerprint density at radius 2 is 2.04 bits per heavy atom. The molecule has 0 unspecified atom stereocenters. The van der Waals surface area contributed by atoms with Gasteiger partial charge >= 0.3 is 0 Å². The van der Waals surface area contributed by atoms with Crippen LogP contribution in [0.15, 0.2) is 18.2 Å². The predicted octanol–water partition coefficient (Wildman–Crippen LogP) is 1.69. The number of benzene rings is 1. The van der Waals surface area contributed by atoms with E-state index in [1.165, 1.54) is 6.07 Å². The van der Waals surface area contributed by atoms with Crippen molar-refractivity contribution in [3.8, 4) is 0 Å². The number of hydrogen-bond donors (Lipinski definition) is 1. The van der Waals surface area contributed by atoms with E-state index in [0.717, 1.165) is 5.56 Å². The Balaban J connectivity index is 1.68. The second kappa shape index (κ2) is 7.12. The lowest BCUT2D eigenvalue weighted by Gasteiger charge is -2.45. The lowest BCUT2D eigenvalue weighted by Crippen LogP contribution is -2.69. The Kier molecular flexibility index (Phi) is 5.08. The van der Waals surface area contributed by atoms with Crippen LogP contribution in [0.4, 0.5) is 4.39 Å². The van der Waals surface area contributed by atoms with Crippen LogP contribution in [0.1, 0.15) is 31.4 Å². The second-order valence-electron chi connectivity index (χ2n) is 7.57. The van der Waals surface area contributed by atoms with Crippen LogP contribution in [0.2, 0.25) is 0 Å². The van der Waals surface area contributed by atoms with E-state index in [1.807, 2.05) is 26.8 Å². The summed E-state index contributed by atoms with van der Waals surface area (Å²) in [7, 11) is 0. The molecule has 1 aromatic carbocycles. The number of nitrogens with zero attached hydrogens (tertiary/aromatic N) is 2. The minimum absolute atomic E-state index is 0.0136. The predicted molar refractivity (Wildman–Crippen MR) is 93.3 cm³/mol. The maximum absolute atomic E-state index is 14.0. The third-order valence-electron chi connectivity index (χ3n) is 4.97. The van der Waals surface area contributed by atoms with Crippen molar-refractivity contribution in [2.75, 3.05) is 19.6 Å². The Bertz CT molecular complexity index is 677. The van der Waals surface area contributed by atoms with E-state index < -0.39 is 12.1 Å². The van der Waals surface area contributed by atoms with E-state index in [0.29, 0.717) is 44.1 Å². The number of carbonyl (C=O) groups excluding carboxylic acids is 2. The summed E-state index contributed by atoms with van der Waals surface area (Å²) in [4.78, 5) is 28.9. The number of piperazine rings is 2. The quantitative estimate of drug-likeness (QED) is 0.902. The normalized spacial score (nSPS) is 24.4. The average molecular weight is 347 g/mol. The van der Waals surface area contributed by atoms with Crippen molar-refractivity contribution in [3.05, 3.63) is 35.1 Å². The molecular weight excluding hydrogens is 321 g/mol. The SMILES string of the molecule is Cc1ccc(F)c(CN2CCN3C(=O)[C@H](CC(C)C)NC(=O)[C@H]3C2)c1. The van der Waals surface area contributed by atoms with Gasteiger partial charge in [0, 0.05) is 31.7 Å². The third-order valence-corrected chi connectivity index (χ3v) is 4.97. The molecule has 6 heteroatoms.